The Bertz CT molecular complexity index is 657. The molecule has 2 rings (SSSR count). The molecule has 1 amide bonds. The maximum Gasteiger partial charge on any atom is 0.407 e. The Kier molecular flexibility index (Phi) is 11.1. The van der Waals surface area contributed by atoms with E-state index in [-0.39, 0.29) is 24.0 Å². The van der Waals surface area contributed by atoms with Gasteiger partial charge in [-0.05, 0) is 57.7 Å². The summed E-state index contributed by atoms with van der Waals surface area (Å²) < 4.78 is 5.20. The highest BCUT2D eigenvalue weighted by atomic mass is 127. The number of guanidine groups is 1. The van der Waals surface area contributed by atoms with Gasteiger partial charge >= 0.3 is 6.09 Å². The fraction of sp³-hybridized carbons (Fsp3) is 0.650. The molecule has 2 heterocycles. The molecule has 164 valence electrons. The van der Waals surface area contributed by atoms with Crippen LogP contribution in [-0.4, -0.2) is 55.9 Å². The van der Waals surface area contributed by atoms with E-state index in [9.17, 15) is 4.79 Å². The normalized spacial score (nSPS) is 14.6. The molecule has 1 fully saturated rings. The third kappa shape index (κ3) is 10.00. The van der Waals surface area contributed by atoms with Crippen LogP contribution in [0.3, 0.4) is 0 Å². The molecule has 1 saturated heterocycles. The number of amides is 1. The van der Waals surface area contributed by atoms with Gasteiger partial charge in [-0.3, -0.25) is 4.99 Å². The van der Waals surface area contributed by atoms with Gasteiger partial charge in [0.1, 0.15) is 11.4 Å². The van der Waals surface area contributed by atoms with E-state index in [0.29, 0.717) is 25.6 Å². The number of halogens is 1. The molecule has 0 saturated carbocycles. The van der Waals surface area contributed by atoms with Crippen molar-refractivity contribution in [3.8, 4) is 0 Å². The van der Waals surface area contributed by atoms with Gasteiger partial charge in [0.2, 0.25) is 0 Å². The van der Waals surface area contributed by atoms with Crippen molar-refractivity contribution in [2.45, 2.75) is 52.2 Å². The number of nitrogens with zero attached hydrogens (tertiary/aromatic N) is 3. The quantitative estimate of drug-likeness (QED) is 0.232. The van der Waals surface area contributed by atoms with Crippen LogP contribution < -0.4 is 20.9 Å². The molecule has 1 aromatic heterocycles. The smallest absolute Gasteiger partial charge is 0.407 e. The third-order valence-corrected chi connectivity index (χ3v) is 4.26. The van der Waals surface area contributed by atoms with Crippen LogP contribution in [0.4, 0.5) is 10.6 Å². The topological polar surface area (TPSA) is 90.9 Å². The molecule has 0 bridgehead atoms. The number of aromatic nitrogens is 1. The zero-order valence-electron chi connectivity index (χ0n) is 18.0. The van der Waals surface area contributed by atoms with Crippen molar-refractivity contribution in [3.63, 3.8) is 0 Å². The first-order valence-electron chi connectivity index (χ1n) is 9.98. The number of aliphatic imine (C=N–C) groups is 1. The Hall–Kier alpha value is -1.78. The van der Waals surface area contributed by atoms with Crippen molar-refractivity contribution in [1.29, 1.82) is 0 Å². The summed E-state index contributed by atoms with van der Waals surface area (Å²) in [6.07, 6.45) is 5.22. The van der Waals surface area contributed by atoms with Gasteiger partial charge in [-0.2, -0.15) is 0 Å². The number of piperidine rings is 1. The molecule has 1 aliphatic rings. The van der Waals surface area contributed by atoms with Crippen LogP contribution in [0.5, 0.6) is 0 Å². The predicted octanol–water partition coefficient (Wildman–Crippen LogP) is 2.88. The van der Waals surface area contributed by atoms with Crippen LogP contribution in [0.25, 0.3) is 0 Å². The second-order valence-electron chi connectivity index (χ2n) is 7.85. The van der Waals surface area contributed by atoms with Gasteiger partial charge in [0.05, 0.1) is 0 Å². The molecule has 0 radical (unpaired) electrons. The third-order valence-electron chi connectivity index (χ3n) is 4.26. The molecule has 0 spiro atoms. The molecule has 1 aromatic rings. The van der Waals surface area contributed by atoms with Crippen molar-refractivity contribution in [1.82, 2.24) is 20.9 Å². The minimum Gasteiger partial charge on any atom is -0.444 e. The van der Waals surface area contributed by atoms with Gasteiger partial charge in [-0.15, -0.1) is 24.0 Å². The summed E-state index contributed by atoms with van der Waals surface area (Å²) in [5, 5.41) is 9.19. The molecule has 0 atom stereocenters. The Balaban J connectivity index is 0.00000420. The molecular weight excluding hydrogens is 483 g/mol. The largest absolute Gasteiger partial charge is 0.444 e. The van der Waals surface area contributed by atoms with Gasteiger partial charge in [0.15, 0.2) is 5.96 Å². The lowest BCUT2D eigenvalue weighted by Crippen LogP contribution is -2.42. The molecule has 29 heavy (non-hydrogen) atoms. The minimum absolute atomic E-state index is 0. The number of nitrogens with one attached hydrogen (secondary N) is 3. The number of carbonyl (C=O) groups is 1. The van der Waals surface area contributed by atoms with E-state index in [1.54, 1.807) is 7.05 Å². The molecule has 9 heteroatoms. The number of ether oxygens (including phenoxy) is 1. The van der Waals surface area contributed by atoms with E-state index >= 15 is 0 Å². The Labute approximate surface area is 191 Å². The van der Waals surface area contributed by atoms with Crippen molar-refractivity contribution in [2.75, 3.05) is 38.1 Å². The van der Waals surface area contributed by atoms with Crippen molar-refractivity contribution in [3.05, 3.63) is 23.9 Å². The summed E-state index contributed by atoms with van der Waals surface area (Å²) >= 11 is 0. The van der Waals surface area contributed by atoms with Crippen molar-refractivity contribution >= 4 is 41.8 Å². The maximum absolute atomic E-state index is 11.6. The number of pyridine rings is 1. The van der Waals surface area contributed by atoms with Crippen molar-refractivity contribution in [2.24, 2.45) is 4.99 Å². The fourth-order valence-corrected chi connectivity index (χ4v) is 2.93. The lowest BCUT2D eigenvalue weighted by atomic mass is 10.1. The molecule has 1 aliphatic heterocycles. The van der Waals surface area contributed by atoms with Crippen LogP contribution in [0, 0.1) is 0 Å². The van der Waals surface area contributed by atoms with Gasteiger partial charge in [0.25, 0.3) is 0 Å². The number of rotatable bonds is 6. The van der Waals surface area contributed by atoms with Crippen LogP contribution >= 0.6 is 24.0 Å². The molecular formula is C20H35IN6O2. The van der Waals surface area contributed by atoms with Crippen molar-refractivity contribution < 1.29 is 9.53 Å². The lowest BCUT2D eigenvalue weighted by Gasteiger charge is -2.28. The van der Waals surface area contributed by atoms with Crippen LogP contribution in [-0.2, 0) is 11.3 Å². The minimum atomic E-state index is -0.493. The number of carbonyl (C=O) groups excluding carboxylic acids is 1. The van der Waals surface area contributed by atoms with Gasteiger partial charge in [-0.25, -0.2) is 9.78 Å². The number of hydrogen-bond acceptors (Lipinski definition) is 5. The maximum atomic E-state index is 11.6. The number of alkyl carbamates (subject to hydrolysis) is 1. The second kappa shape index (κ2) is 12.7. The highest BCUT2D eigenvalue weighted by Crippen LogP contribution is 2.18. The molecule has 0 unspecified atom stereocenters. The second-order valence-corrected chi connectivity index (χ2v) is 7.85. The first-order chi connectivity index (χ1) is 13.4. The zero-order chi connectivity index (χ0) is 20.4. The standard InChI is InChI=1S/C20H34N6O2.HI/c1-20(2,3)28-19(27)24-11-10-23-18(21-4)25-15-16-8-9-22-17(14-16)26-12-6-5-7-13-26;/h8-9,14H,5-7,10-13,15H2,1-4H3,(H,24,27)(H2,21,23,25);1H. The van der Waals surface area contributed by atoms with E-state index in [1.165, 1.54) is 19.3 Å². The summed E-state index contributed by atoms with van der Waals surface area (Å²) in [7, 11) is 1.72. The van der Waals surface area contributed by atoms with Crippen LogP contribution in [0.1, 0.15) is 45.6 Å². The summed E-state index contributed by atoms with van der Waals surface area (Å²) in [5.74, 6) is 1.73. The Morgan fingerprint density at radius 3 is 2.52 bits per heavy atom. The SMILES string of the molecule is CN=C(NCCNC(=O)OC(C)(C)C)NCc1ccnc(N2CCCCC2)c1.I. The monoisotopic (exact) mass is 518 g/mol. The Morgan fingerprint density at radius 1 is 1.17 bits per heavy atom. The van der Waals surface area contributed by atoms with Gasteiger partial charge in [-0.1, -0.05) is 0 Å². The van der Waals surface area contributed by atoms with E-state index in [4.69, 9.17) is 4.74 Å². The molecule has 0 aliphatic carbocycles. The molecule has 3 N–H and O–H groups in total. The fourth-order valence-electron chi connectivity index (χ4n) is 2.93. The van der Waals surface area contributed by atoms with E-state index in [1.807, 2.05) is 33.0 Å². The predicted molar refractivity (Wildman–Crippen MR) is 128 cm³/mol. The van der Waals surface area contributed by atoms with E-state index in [2.05, 4.69) is 36.9 Å². The average Bonchev–Trinajstić information content (AvgIpc) is 2.67. The zero-order valence-corrected chi connectivity index (χ0v) is 20.3. The summed E-state index contributed by atoms with van der Waals surface area (Å²) in [6, 6.07) is 4.15. The first-order valence-corrected chi connectivity index (χ1v) is 9.98. The number of anilines is 1. The summed E-state index contributed by atoms with van der Waals surface area (Å²) in [6.45, 7) is 9.33. The summed E-state index contributed by atoms with van der Waals surface area (Å²) in [4.78, 5) is 22.7. The summed E-state index contributed by atoms with van der Waals surface area (Å²) in [5.41, 5.74) is 0.664. The van der Waals surface area contributed by atoms with E-state index < -0.39 is 11.7 Å². The van der Waals surface area contributed by atoms with Gasteiger partial charge < -0.3 is 25.6 Å². The average molecular weight is 518 g/mol. The lowest BCUT2D eigenvalue weighted by molar-refractivity contribution is 0.0529. The Morgan fingerprint density at radius 2 is 1.86 bits per heavy atom. The number of hydrogen-bond donors (Lipinski definition) is 3. The first kappa shape index (κ1) is 25.3. The molecule has 8 nitrogen and oxygen atoms in total. The van der Waals surface area contributed by atoms with E-state index in [0.717, 1.165) is 24.5 Å². The van der Waals surface area contributed by atoms with Crippen LogP contribution in [0.15, 0.2) is 23.3 Å². The van der Waals surface area contributed by atoms with Crippen LogP contribution in [0.2, 0.25) is 0 Å². The molecule has 0 aromatic carbocycles. The highest BCUT2D eigenvalue weighted by Gasteiger charge is 2.15. The van der Waals surface area contributed by atoms with Gasteiger partial charge in [0, 0.05) is 46.0 Å². The highest BCUT2D eigenvalue weighted by molar-refractivity contribution is 14.0.